The molecule has 2 aliphatic rings. The predicted molar refractivity (Wildman–Crippen MR) is 121 cm³/mol. The molecule has 4 heteroatoms. The summed E-state index contributed by atoms with van der Waals surface area (Å²) in [4.78, 5) is 5.03. The largest absolute Gasteiger partial charge is 0.275 e. The SMILES string of the molecule is Clc1cccc(C#CCN2CN(CC#Cc3cccc(Cl)c3)C3CCCCC32)c1. The molecule has 1 aliphatic carbocycles. The van der Waals surface area contributed by atoms with E-state index in [1.165, 1.54) is 25.7 Å². The third kappa shape index (κ3) is 5.36. The zero-order valence-corrected chi connectivity index (χ0v) is 17.9. The maximum Gasteiger partial charge on any atom is 0.0620 e. The van der Waals surface area contributed by atoms with Gasteiger partial charge in [0.15, 0.2) is 0 Å². The highest BCUT2D eigenvalue weighted by atomic mass is 35.5. The first-order chi connectivity index (χ1) is 14.2. The Labute approximate surface area is 183 Å². The number of rotatable bonds is 2. The molecule has 29 heavy (non-hydrogen) atoms. The van der Waals surface area contributed by atoms with Crippen molar-refractivity contribution in [3.05, 3.63) is 69.7 Å². The van der Waals surface area contributed by atoms with E-state index >= 15 is 0 Å². The van der Waals surface area contributed by atoms with Gasteiger partial charge in [-0.1, -0.05) is 71.9 Å². The first-order valence-electron chi connectivity index (χ1n) is 10.2. The number of hydrogen-bond acceptors (Lipinski definition) is 2. The average molecular weight is 423 g/mol. The van der Waals surface area contributed by atoms with Crippen LogP contribution in [-0.4, -0.2) is 41.6 Å². The molecule has 0 spiro atoms. The number of fused-ring (bicyclic) bond motifs is 1. The summed E-state index contributed by atoms with van der Waals surface area (Å²) in [6.45, 7) is 2.50. The van der Waals surface area contributed by atoms with Gasteiger partial charge < -0.3 is 0 Å². The third-order valence-electron chi connectivity index (χ3n) is 5.67. The van der Waals surface area contributed by atoms with E-state index in [0.29, 0.717) is 12.1 Å². The van der Waals surface area contributed by atoms with Gasteiger partial charge in [-0.25, -0.2) is 0 Å². The van der Waals surface area contributed by atoms with Crippen LogP contribution in [0, 0.1) is 23.7 Å². The lowest BCUT2D eigenvalue weighted by Crippen LogP contribution is -2.40. The third-order valence-corrected chi connectivity index (χ3v) is 6.14. The topological polar surface area (TPSA) is 6.48 Å². The molecule has 148 valence electrons. The molecule has 0 aromatic heterocycles. The average Bonchev–Trinajstić information content (AvgIpc) is 3.06. The Hall–Kier alpha value is -1.94. The Balaban J connectivity index is 1.41. The van der Waals surface area contributed by atoms with E-state index in [0.717, 1.165) is 40.9 Å². The molecule has 1 aliphatic heterocycles. The number of nitrogens with zero attached hydrogens (tertiary/aromatic N) is 2. The van der Waals surface area contributed by atoms with Crippen LogP contribution in [-0.2, 0) is 0 Å². The van der Waals surface area contributed by atoms with Crippen LogP contribution in [0.15, 0.2) is 48.5 Å². The Bertz CT molecular complexity index is 900. The molecule has 2 atom stereocenters. The van der Waals surface area contributed by atoms with E-state index in [9.17, 15) is 0 Å². The second-order valence-corrected chi connectivity index (χ2v) is 8.55. The Morgan fingerprint density at radius 2 is 1.24 bits per heavy atom. The van der Waals surface area contributed by atoms with Crippen molar-refractivity contribution in [1.82, 2.24) is 9.80 Å². The van der Waals surface area contributed by atoms with Gasteiger partial charge in [0.25, 0.3) is 0 Å². The summed E-state index contributed by atoms with van der Waals surface area (Å²) < 4.78 is 0. The molecular weight excluding hydrogens is 399 g/mol. The van der Waals surface area contributed by atoms with Gasteiger partial charge in [-0.15, -0.1) is 0 Å². The highest BCUT2D eigenvalue weighted by Crippen LogP contribution is 2.32. The standard InChI is InChI=1S/C25H24Cl2N2/c26-22-11-3-7-20(17-22)9-5-15-28-19-29(25-14-2-1-13-24(25)28)16-6-10-21-8-4-12-23(27)18-21/h3-4,7-8,11-12,17-18,24-25H,1-2,13-16,19H2. The van der Waals surface area contributed by atoms with Crippen molar-refractivity contribution < 1.29 is 0 Å². The Morgan fingerprint density at radius 1 is 0.759 bits per heavy atom. The van der Waals surface area contributed by atoms with Crippen molar-refractivity contribution in [1.29, 1.82) is 0 Å². The van der Waals surface area contributed by atoms with Crippen LogP contribution in [0.5, 0.6) is 0 Å². The van der Waals surface area contributed by atoms with Gasteiger partial charge in [-0.3, -0.25) is 9.80 Å². The summed E-state index contributed by atoms with van der Waals surface area (Å²) >= 11 is 12.1. The van der Waals surface area contributed by atoms with Crippen LogP contribution in [0.2, 0.25) is 10.0 Å². The van der Waals surface area contributed by atoms with E-state index in [4.69, 9.17) is 23.2 Å². The predicted octanol–water partition coefficient (Wildman–Crippen LogP) is 5.28. The Kier molecular flexibility index (Phi) is 6.81. The second-order valence-electron chi connectivity index (χ2n) is 7.68. The lowest BCUT2D eigenvalue weighted by molar-refractivity contribution is 0.219. The molecule has 0 radical (unpaired) electrons. The van der Waals surface area contributed by atoms with Crippen molar-refractivity contribution >= 4 is 23.2 Å². The van der Waals surface area contributed by atoms with E-state index in [1.807, 2.05) is 48.5 Å². The number of hydrogen-bond donors (Lipinski definition) is 0. The first-order valence-corrected chi connectivity index (χ1v) is 10.9. The second kappa shape index (κ2) is 9.71. The smallest absolute Gasteiger partial charge is 0.0620 e. The molecule has 1 heterocycles. The summed E-state index contributed by atoms with van der Waals surface area (Å²) in [5, 5.41) is 1.46. The summed E-state index contributed by atoms with van der Waals surface area (Å²) in [5.41, 5.74) is 1.95. The van der Waals surface area contributed by atoms with Crippen molar-refractivity contribution in [2.75, 3.05) is 19.8 Å². The van der Waals surface area contributed by atoms with Crippen molar-refractivity contribution in [2.24, 2.45) is 0 Å². The highest BCUT2D eigenvalue weighted by molar-refractivity contribution is 6.30. The molecule has 2 aromatic carbocycles. The zero-order chi connectivity index (χ0) is 20.1. The fraction of sp³-hybridized carbons (Fsp3) is 0.360. The van der Waals surface area contributed by atoms with Gasteiger partial charge in [0.1, 0.15) is 0 Å². The lowest BCUT2D eigenvalue weighted by Gasteiger charge is -2.31. The van der Waals surface area contributed by atoms with E-state index in [1.54, 1.807) is 0 Å². The molecule has 2 nitrogen and oxygen atoms in total. The van der Waals surface area contributed by atoms with Crippen molar-refractivity contribution in [3.8, 4) is 23.7 Å². The van der Waals surface area contributed by atoms with Crippen LogP contribution < -0.4 is 0 Å². The summed E-state index contributed by atoms with van der Waals surface area (Å²) in [6.07, 6.45) is 5.12. The van der Waals surface area contributed by atoms with E-state index in [-0.39, 0.29) is 0 Å². The molecule has 2 unspecified atom stereocenters. The highest BCUT2D eigenvalue weighted by Gasteiger charge is 2.40. The molecule has 2 fully saturated rings. The normalized spacial score (nSPS) is 21.6. The van der Waals surface area contributed by atoms with Gasteiger partial charge >= 0.3 is 0 Å². The molecule has 4 rings (SSSR count). The minimum absolute atomic E-state index is 0.588. The van der Waals surface area contributed by atoms with Crippen LogP contribution in [0.3, 0.4) is 0 Å². The number of halogens is 2. The molecule has 0 N–H and O–H groups in total. The lowest BCUT2D eigenvalue weighted by atomic mass is 9.90. The first kappa shape index (κ1) is 20.3. The molecule has 0 amide bonds. The molecule has 1 saturated carbocycles. The minimum Gasteiger partial charge on any atom is -0.275 e. The van der Waals surface area contributed by atoms with Crippen molar-refractivity contribution in [3.63, 3.8) is 0 Å². The monoisotopic (exact) mass is 422 g/mol. The zero-order valence-electron chi connectivity index (χ0n) is 16.4. The van der Waals surface area contributed by atoms with Crippen LogP contribution in [0.4, 0.5) is 0 Å². The van der Waals surface area contributed by atoms with Gasteiger partial charge in [0, 0.05) is 33.3 Å². The van der Waals surface area contributed by atoms with E-state index in [2.05, 4.69) is 33.5 Å². The van der Waals surface area contributed by atoms with Gasteiger partial charge in [0.05, 0.1) is 19.8 Å². The maximum absolute atomic E-state index is 6.06. The molecule has 1 saturated heterocycles. The molecular formula is C25H24Cl2N2. The van der Waals surface area contributed by atoms with Crippen LogP contribution in [0.1, 0.15) is 36.8 Å². The fourth-order valence-electron chi connectivity index (χ4n) is 4.34. The van der Waals surface area contributed by atoms with E-state index < -0.39 is 0 Å². The quantitative estimate of drug-likeness (QED) is 0.607. The van der Waals surface area contributed by atoms with Crippen LogP contribution in [0.25, 0.3) is 0 Å². The fourth-order valence-corrected chi connectivity index (χ4v) is 4.72. The molecule has 2 aromatic rings. The van der Waals surface area contributed by atoms with Gasteiger partial charge in [-0.05, 0) is 49.2 Å². The molecule has 0 bridgehead atoms. The van der Waals surface area contributed by atoms with Gasteiger partial charge in [-0.2, -0.15) is 0 Å². The summed E-state index contributed by atoms with van der Waals surface area (Å²) in [6, 6.07) is 16.7. The van der Waals surface area contributed by atoms with Crippen molar-refractivity contribution in [2.45, 2.75) is 37.8 Å². The van der Waals surface area contributed by atoms with Crippen LogP contribution >= 0.6 is 23.2 Å². The minimum atomic E-state index is 0.588. The van der Waals surface area contributed by atoms with Gasteiger partial charge in [0.2, 0.25) is 0 Å². The number of benzene rings is 2. The summed E-state index contributed by atoms with van der Waals surface area (Å²) in [5.74, 6) is 13.2. The Morgan fingerprint density at radius 3 is 1.69 bits per heavy atom. The summed E-state index contributed by atoms with van der Waals surface area (Å²) in [7, 11) is 0. The maximum atomic E-state index is 6.06.